The minimum atomic E-state index is -3.86. The van der Waals surface area contributed by atoms with Crippen molar-refractivity contribution in [3.63, 3.8) is 0 Å². The van der Waals surface area contributed by atoms with E-state index in [2.05, 4.69) is 14.4 Å². The normalized spacial score (nSPS) is 17.2. The van der Waals surface area contributed by atoms with Gasteiger partial charge in [-0.15, -0.1) is 11.3 Å². The number of aromatic nitrogens is 1. The summed E-state index contributed by atoms with van der Waals surface area (Å²) in [6.07, 6.45) is 1.14. The molecule has 1 aliphatic rings. The number of rotatable bonds is 6. The quantitative estimate of drug-likeness (QED) is 0.716. The summed E-state index contributed by atoms with van der Waals surface area (Å²) in [7, 11) is -2.70. The van der Waals surface area contributed by atoms with Gasteiger partial charge in [-0.05, 0) is 18.8 Å². The molecule has 7 nitrogen and oxygen atoms in total. The second kappa shape index (κ2) is 5.53. The molecule has 1 aromatic heterocycles. The molecule has 1 aliphatic carbocycles. The Morgan fingerprint density at radius 2 is 2.37 bits per heavy atom. The Balaban J connectivity index is 2.10. The predicted octanol–water partition coefficient (Wildman–Crippen LogP) is -0.0211. The lowest BCUT2D eigenvalue weighted by Crippen LogP contribution is -2.33. The van der Waals surface area contributed by atoms with E-state index in [1.54, 1.807) is 0 Å². The van der Waals surface area contributed by atoms with Crippen LogP contribution in [0.5, 0.6) is 0 Å². The van der Waals surface area contributed by atoms with Crippen LogP contribution < -0.4 is 4.72 Å². The van der Waals surface area contributed by atoms with E-state index in [1.165, 1.54) is 5.51 Å². The largest absolute Gasteiger partial charge is 0.464 e. The summed E-state index contributed by atoms with van der Waals surface area (Å²) >= 11 is 0.832. The molecule has 2 N–H and O–H groups in total. The van der Waals surface area contributed by atoms with Crippen LogP contribution in [0.3, 0.4) is 0 Å². The maximum absolute atomic E-state index is 12.0. The molecule has 1 atom stereocenters. The lowest BCUT2D eigenvalue weighted by atomic mass is 10.2. The van der Waals surface area contributed by atoms with Crippen molar-refractivity contribution in [3.8, 4) is 0 Å². The van der Waals surface area contributed by atoms with Gasteiger partial charge >= 0.3 is 5.97 Å². The molecule has 1 unspecified atom stereocenters. The van der Waals surface area contributed by atoms with Gasteiger partial charge in [0.25, 0.3) is 10.0 Å². The number of esters is 1. The number of aliphatic hydroxyl groups excluding tert-OH is 1. The molecule has 1 saturated carbocycles. The fraction of sp³-hybridized carbons (Fsp3) is 0.600. The SMILES string of the molecule is COC(=O)c1ncsc1S(=O)(=O)NCC(O)C1CC1. The van der Waals surface area contributed by atoms with Crippen LogP contribution in [0.15, 0.2) is 9.72 Å². The zero-order valence-corrected chi connectivity index (χ0v) is 11.8. The zero-order chi connectivity index (χ0) is 14.0. The number of hydrogen-bond acceptors (Lipinski definition) is 7. The summed E-state index contributed by atoms with van der Waals surface area (Å²) in [6, 6.07) is 0. The van der Waals surface area contributed by atoms with Gasteiger partial charge in [-0.2, -0.15) is 0 Å². The van der Waals surface area contributed by atoms with Crippen molar-refractivity contribution in [2.24, 2.45) is 5.92 Å². The highest BCUT2D eigenvalue weighted by Gasteiger charge is 2.32. The minimum absolute atomic E-state index is 0.0640. The van der Waals surface area contributed by atoms with Gasteiger partial charge in [0.1, 0.15) is 0 Å². The van der Waals surface area contributed by atoms with E-state index in [0.29, 0.717) is 0 Å². The molecular weight excluding hydrogens is 292 g/mol. The van der Waals surface area contributed by atoms with Crippen molar-refractivity contribution in [1.82, 2.24) is 9.71 Å². The number of carbonyl (C=O) groups is 1. The molecule has 1 fully saturated rings. The van der Waals surface area contributed by atoms with Crippen LogP contribution in [0.25, 0.3) is 0 Å². The Bertz CT molecular complexity index is 564. The molecule has 9 heteroatoms. The van der Waals surface area contributed by atoms with Crippen LogP contribution in [0, 0.1) is 5.92 Å². The Morgan fingerprint density at radius 3 is 2.95 bits per heavy atom. The Hall–Kier alpha value is -1.03. The van der Waals surface area contributed by atoms with Gasteiger partial charge in [-0.1, -0.05) is 0 Å². The van der Waals surface area contributed by atoms with Crippen molar-refractivity contribution in [3.05, 3.63) is 11.2 Å². The summed E-state index contributed by atoms with van der Waals surface area (Å²) in [5, 5.41) is 9.64. The number of nitrogens with one attached hydrogen (secondary N) is 1. The molecule has 1 heterocycles. The molecule has 2 rings (SSSR count). The lowest BCUT2D eigenvalue weighted by Gasteiger charge is -2.10. The standard InChI is InChI=1S/C10H14N2O5S2/c1-17-9(14)8-10(18-5-11-8)19(15,16)12-4-7(13)6-2-3-6/h5-7,12-13H,2-4H2,1H3. The van der Waals surface area contributed by atoms with Gasteiger partial charge in [0.05, 0.1) is 18.7 Å². The van der Waals surface area contributed by atoms with E-state index in [1.807, 2.05) is 0 Å². The van der Waals surface area contributed by atoms with Crippen LogP contribution in [-0.4, -0.2) is 44.2 Å². The third-order valence-electron chi connectivity index (χ3n) is 2.81. The second-order valence-electron chi connectivity index (χ2n) is 4.24. The first-order chi connectivity index (χ1) is 8.95. The topological polar surface area (TPSA) is 106 Å². The molecule has 0 radical (unpaired) electrons. The fourth-order valence-corrected chi connectivity index (χ4v) is 3.79. The highest BCUT2D eigenvalue weighted by Crippen LogP contribution is 2.32. The molecule has 0 spiro atoms. The molecule has 19 heavy (non-hydrogen) atoms. The van der Waals surface area contributed by atoms with E-state index in [0.717, 1.165) is 31.3 Å². The van der Waals surface area contributed by atoms with Crippen molar-refractivity contribution in [1.29, 1.82) is 0 Å². The summed E-state index contributed by atoms with van der Waals surface area (Å²) in [6.45, 7) is -0.0640. The Kier molecular flexibility index (Phi) is 4.19. The van der Waals surface area contributed by atoms with Gasteiger partial charge in [0.15, 0.2) is 9.90 Å². The maximum atomic E-state index is 12.0. The molecule has 0 aromatic carbocycles. The number of thiazole rings is 1. The highest BCUT2D eigenvalue weighted by atomic mass is 32.2. The fourth-order valence-electron chi connectivity index (χ4n) is 1.57. The number of ether oxygens (including phenoxy) is 1. The summed E-state index contributed by atoms with van der Waals surface area (Å²) < 4.78 is 30.6. The van der Waals surface area contributed by atoms with E-state index in [9.17, 15) is 18.3 Å². The molecule has 0 saturated heterocycles. The van der Waals surface area contributed by atoms with Gasteiger partial charge < -0.3 is 9.84 Å². The molecule has 106 valence electrons. The minimum Gasteiger partial charge on any atom is -0.464 e. The van der Waals surface area contributed by atoms with Crippen LogP contribution in [-0.2, 0) is 14.8 Å². The van der Waals surface area contributed by atoms with Gasteiger partial charge in [0.2, 0.25) is 0 Å². The summed E-state index contributed by atoms with van der Waals surface area (Å²) in [5.74, 6) is -0.631. The number of sulfonamides is 1. The first-order valence-corrected chi connectivity index (χ1v) is 8.01. The smallest absolute Gasteiger partial charge is 0.358 e. The van der Waals surface area contributed by atoms with Crippen LogP contribution >= 0.6 is 11.3 Å². The third-order valence-corrected chi connectivity index (χ3v) is 5.60. The monoisotopic (exact) mass is 306 g/mol. The predicted molar refractivity (Wildman–Crippen MR) is 67.4 cm³/mol. The van der Waals surface area contributed by atoms with Crippen LogP contribution in [0.1, 0.15) is 23.3 Å². The number of nitrogens with zero attached hydrogens (tertiary/aromatic N) is 1. The van der Waals surface area contributed by atoms with Gasteiger partial charge in [-0.25, -0.2) is 22.9 Å². The lowest BCUT2D eigenvalue weighted by molar-refractivity contribution is 0.0590. The number of aliphatic hydroxyl groups is 1. The molecule has 0 amide bonds. The molecular formula is C10H14N2O5S2. The molecule has 0 bridgehead atoms. The maximum Gasteiger partial charge on any atom is 0.358 e. The van der Waals surface area contributed by atoms with Crippen LogP contribution in [0.2, 0.25) is 0 Å². The first-order valence-electron chi connectivity index (χ1n) is 5.65. The highest BCUT2D eigenvalue weighted by molar-refractivity contribution is 7.91. The van der Waals surface area contributed by atoms with Crippen molar-refractivity contribution >= 4 is 27.3 Å². The van der Waals surface area contributed by atoms with Crippen molar-refractivity contribution < 1.29 is 23.1 Å². The number of hydrogen-bond donors (Lipinski definition) is 2. The molecule has 1 aromatic rings. The van der Waals surface area contributed by atoms with Crippen molar-refractivity contribution in [2.45, 2.75) is 23.2 Å². The first kappa shape index (κ1) is 14.4. The second-order valence-corrected chi connectivity index (χ2v) is 7.05. The number of methoxy groups -OCH3 is 1. The summed E-state index contributed by atoms with van der Waals surface area (Å²) in [5.41, 5.74) is 1.03. The zero-order valence-electron chi connectivity index (χ0n) is 10.2. The Morgan fingerprint density at radius 1 is 1.68 bits per heavy atom. The van der Waals surface area contributed by atoms with Gasteiger partial charge in [-0.3, -0.25) is 0 Å². The average Bonchev–Trinajstić information content (AvgIpc) is 3.11. The third kappa shape index (κ3) is 3.30. The van der Waals surface area contributed by atoms with E-state index >= 15 is 0 Å². The van der Waals surface area contributed by atoms with Gasteiger partial charge in [0, 0.05) is 6.54 Å². The van der Waals surface area contributed by atoms with E-state index < -0.39 is 22.1 Å². The molecule has 0 aliphatic heterocycles. The van der Waals surface area contributed by atoms with E-state index in [-0.39, 0.29) is 22.4 Å². The Labute approximate surface area is 114 Å². The summed E-state index contributed by atoms with van der Waals surface area (Å²) in [4.78, 5) is 15.1. The van der Waals surface area contributed by atoms with E-state index in [4.69, 9.17) is 0 Å². The van der Waals surface area contributed by atoms with Crippen LogP contribution in [0.4, 0.5) is 0 Å². The number of carbonyl (C=O) groups excluding carboxylic acids is 1. The average molecular weight is 306 g/mol. The van der Waals surface area contributed by atoms with Crippen molar-refractivity contribution in [2.75, 3.05) is 13.7 Å².